The van der Waals surface area contributed by atoms with Gasteiger partial charge in [-0.05, 0) is 55.8 Å². The molecule has 4 aliphatic rings. The van der Waals surface area contributed by atoms with Gasteiger partial charge >= 0.3 is 0 Å². The molecular formula is C11H17O. The van der Waals surface area contributed by atoms with Crippen LogP contribution in [0.1, 0.15) is 45.4 Å². The first-order valence-corrected chi connectivity index (χ1v) is 5.13. The molecule has 4 saturated carbocycles. The average Bonchev–Trinajstić information content (AvgIpc) is 1.75. The van der Waals surface area contributed by atoms with Crippen molar-refractivity contribution >= 4 is 0 Å². The summed E-state index contributed by atoms with van der Waals surface area (Å²) in [5.74, 6) is 2.49. The SMILES string of the molecule is CC12C[C]3CC(C1)CC(O)(C3)C2. The molecule has 0 aromatic carbocycles. The highest BCUT2D eigenvalue weighted by Crippen LogP contribution is 2.62. The summed E-state index contributed by atoms with van der Waals surface area (Å²) < 4.78 is 0. The molecule has 4 rings (SSSR count). The molecule has 1 N–H and O–H groups in total. The molecule has 1 nitrogen and oxygen atoms in total. The first kappa shape index (κ1) is 7.37. The monoisotopic (exact) mass is 165 g/mol. The van der Waals surface area contributed by atoms with Crippen LogP contribution in [0.2, 0.25) is 0 Å². The van der Waals surface area contributed by atoms with Crippen LogP contribution < -0.4 is 0 Å². The topological polar surface area (TPSA) is 20.2 Å². The third kappa shape index (κ3) is 0.891. The number of aliphatic hydroxyl groups is 1. The first-order valence-electron chi connectivity index (χ1n) is 5.13. The molecule has 0 heterocycles. The third-order valence-corrected chi connectivity index (χ3v) is 4.04. The summed E-state index contributed by atoms with van der Waals surface area (Å²) >= 11 is 0. The van der Waals surface area contributed by atoms with Crippen molar-refractivity contribution in [3.05, 3.63) is 5.92 Å². The third-order valence-electron chi connectivity index (χ3n) is 4.04. The number of hydrogen-bond donors (Lipinski definition) is 1. The van der Waals surface area contributed by atoms with Crippen LogP contribution in [0.15, 0.2) is 0 Å². The van der Waals surface area contributed by atoms with E-state index in [1.54, 1.807) is 5.92 Å². The maximum Gasteiger partial charge on any atom is 0.0661 e. The van der Waals surface area contributed by atoms with Gasteiger partial charge in [0.15, 0.2) is 0 Å². The Morgan fingerprint density at radius 2 is 2.17 bits per heavy atom. The quantitative estimate of drug-likeness (QED) is 0.584. The molecule has 4 fully saturated rings. The first-order chi connectivity index (χ1) is 5.57. The summed E-state index contributed by atoms with van der Waals surface area (Å²) in [7, 11) is 0. The lowest BCUT2D eigenvalue weighted by Crippen LogP contribution is -2.53. The van der Waals surface area contributed by atoms with Crippen molar-refractivity contribution in [2.24, 2.45) is 11.3 Å². The molecule has 4 aliphatic carbocycles. The Balaban J connectivity index is 1.98. The van der Waals surface area contributed by atoms with Gasteiger partial charge in [-0.2, -0.15) is 0 Å². The second kappa shape index (κ2) is 1.89. The summed E-state index contributed by atoms with van der Waals surface area (Å²) in [6.07, 6.45) is 7.20. The standard InChI is InChI=1S/C11H17O/c1-10-3-8-2-9(4-10)6-11(12,5-8)7-10/h8,12H,2-7H2,1H3. The van der Waals surface area contributed by atoms with E-state index in [2.05, 4.69) is 6.92 Å². The Hall–Kier alpha value is -0.0400. The lowest BCUT2D eigenvalue weighted by atomic mass is 9.48. The fourth-order valence-corrected chi connectivity index (χ4v) is 4.34. The zero-order valence-electron chi connectivity index (χ0n) is 7.77. The van der Waals surface area contributed by atoms with Gasteiger partial charge in [-0.25, -0.2) is 0 Å². The molecule has 67 valence electrons. The molecule has 0 aliphatic heterocycles. The van der Waals surface area contributed by atoms with E-state index in [1.807, 2.05) is 0 Å². The molecule has 3 atom stereocenters. The molecule has 0 aromatic heterocycles. The van der Waals surface area contributed by atoms with Crippen LogP contribution in [0.4, 0.5) is 0 Å². The van der Waals surface area contributed by atoms with Crippen molar-refractivity contribution in [1.29, 1.82) is 0 Å². The van der Waals surface area contributed by atoms with E-state index in [9.17, 15) is 5.11 Å². The van der Waals surface area contributed by atoms with Crippen molar-refractivity contribution in [1.82, 2.24) is 0 Å². The minimum atomic E-state index is -0.274. The Morgan fingerprint density at radius 1 is 1.33 bits per heavy atom. The van der Waals surface area contributed by atoms with E-state index in [1.165, 1.54) is 19.3 Å². The van der Waals surface area contributed by atoms with Crippen molar-refractivity contribution in [2.75, 3.05) is 0 Å². The van der Waals surface area contributed by atoms with Crippen molar-refractivity contribution < 1.29 is 5.11 Å². The molecule has 3 unspecified atom stereocenters. The van der Waals surface area contributed by atoms with E-state index in [4.69, 9.17) is 0 Å². The van der Waals surface area contributed by atoms with Gasteiger partial charge in [0.2, 0.25) is 0 Å². The Morgan fingerprint density at radius 3 is 2.75 bits per heavy atom. The fraction of sp³-hybridized carbons (Fsp3) is 0.909. The molecule has 12 heavy (non-hydrogen) atoms. The van der Waals surface area contributed by atoms with Crippen LogP contribution in [-0.2, 0) is 0 Å². The summed E-state index contributed by atoms with van der Waals surface area (Å²) in [5.41, 5.74) is 0.201. The van der Waals surface area contributed by atoms with Gasteiger partial charge in [0.25, 0.3) is 0 Å². The maximum atomic E-state index is 10.2. The molecule has 0 saturated heterocycles. The number of rotatable bonds is 0. The molecule has 1 heteroatoms. The van der Waals surface area contributed by atoms with Crippen LogP contribution in [0.5, 0.6) is 0 Å². The van der Waals surface area contributed by atoms with Gasteiger partial charge in [0.1, 0.15) is 0 Å². The van der Waals surface area contributed by atoms with Crippen molar-refractivity contribution in [2.45, 2.75) is 51.0 Å². The average molecular weight is 165 g/mol. The Labute approximate surface area is 74.2 Å². The van der Waals surface area contributed by atoms with E-state index < -0.39 is 0 Å². The smallest absolute Gasteiger partial charge is 0.0661 e. The molecule has 4 bridgehead atoms. The summed E-state index contributed by atoms with van der Waals surface area (Å²) in [6, 6.07) is 0. The van der Waals surface area contributed by atoms with Crippen molar-refractivity contribution in [3.8, 4) is 0 Å². The summed E-state index contributed by atoms with van der Waals surface area (Å²) in [5, 5.41) is 10.2. The highest BCUT2D eigenvalue weighted by Gasteiger charge is 2.55. The predicted octanol–water partition coefficient (Wildman–Crippen LogP) is 2.30. The number of hydrogen-bond acceptors (Lipinski definition) is 1. The van der Waals surface area contributed by atoms with Crippen molar-refractivity contribution in [3.63, 3.8) is 0 Å². The minimum absolute atomic E-state index is 0.274. The fourth-order valence-electron chi connectivity index (χ4n) is 4.34. The zero-order valence-corrected chi connectivity index (χ0v) is 7.77. The molecule has 0 aromatic rings. The van der Waals surface area contributed by atoms with Crippen LogP contribution in [0.3, 0.4) is 0 Å². The van der Waals surface area contributed by atoms with Gasteiger partial charge in [-0.15, -0.1) is 0 Å². The predicted molar refractivity (Wildman–Crippen MR) is 47.5 cm³/mol. The molecule has 0 spiro atoms. The van der Waals surface area contributed by atoms with Gasteiger partial charge in [0, 0.05) is 0 Å². The van der Waals surface area contributed by atoms with Gasteiger partial charge in [0.05, 0.1) is 5.60 Å². The van der Waals surface area contributed by atoms with Crippen LogP contribution >= 0.6 is 0 Å². The van der Waals surface area contributed by atoms with Gasteiger partial charge in [-0.3, -0.25) is 0 Å². The molecular weight excluding hydrogens is 148 g/mol. The van der Waals surface area contributed by atoms with E-state index in [-0.39, 0.29) is 5.60 Å². The Bertz CT molecular complexity index is 187. The zero-order chi connectivity index (χ0) is 8.40. The summed E-state index contributed by atoms with van der Waals surface area (Å²) in [4.78, 5) is 0. The van der Waals surface area contributed by atoms with E-state index >= 15 is 0 Å². The van der Waals surface area contributed by atoms with Gasteiger partial charge < -0.3 is 5.11 Å². The molecule has 1 radical (unpaired) electrons. The van der Waals surface area contributed by atoms with Crippen LogP contribution in [-0.4, -0.2) is 10.7 Å². The highest BCUT2D eigenvalue weighted by atomic mass is 16.3. The molecule has 0 amide bonds. The second-order valence-corrected chi connectivity index (χ2v) is 5.79. The van der Waals surface area contributed by atoms with E-state index in [0.29, 0.717) is 5.41 Å². The summed E-state index contributed by atoms with van der Waals surface area (Å²) in [6.45, 7) is 2.36. The van der Waals surface area contributed by atoms with E-state index in [0.717, 1.165) is 25.2 Å². The maximum absolute atomic E-state index is 10.2. The van der Waals surface area contributed by atoms with Crippen LogP contribution in [0.25, 0.3) is 0 Å². The Kier molecular flexibility index (Phi) is 1.16. The lowest BCUT2D eigenvalue weighted by Gasteiger charge is -2.59. The largest absolute Gasteiger partial charge is 0.390 e. The normalized spacial score (nSPS) is 58.0. The van der Waals surface area contributed by atoms with Gasteiger partial charge in [-0.1, -0.05) is 6.92 Å². The minimum Gasteiger partial charge on any atom is -0.390 e. The highest BCUT2D eigenvalue weighted by molar-refractivity contribution is 5.17. The second-order valence-electron chi connectivity index (χ2n) is 5.79. The van der Waals surface area contributed by atoms with Crippen LogP contribution in [0, 0.1) is 17.3 Å². The lowest BCUT2D eigenvalue weighted by molar-refractivity contribution is -0.118.